The van der Waals surface area contributed by atoms with Crippen molar-refractivity contribution < 1.29 is 9.35 Å². The van der Waals surface area contributed by atoms with Crippen molar-refractivity contribution in [1.29, 1.82) is 0 Å². The number of pyridine rings is 1. The van der Waals surface area contributed by atoms with Crippen LogP contribution in [0.2, 0.25) is 18.1 Å². The van der Waals surface area contributed by atoms with Crippen molar-refractivity contribution in [2.45, 2.75) is 51.4 Å². The van der Waals surface area contributed by atoms with Crippen LogP contribution in [-0.4, -0.2) is 47.2 Å². The zero-order valence-corrected chi connectivity index (χ0v) is 17.3. The first-order chi connectivity index (χ1) is 12.0. The summed E-state index contributed by atoms with van der Waals surface area (Å²) in [6.45, 7) is 12.4. The number of anilines is 1. The van der Waals surface area contributed by atoms with Crippen LogP contribution < -0.4 is 4.90 Å². The summed E-state index contributed by atoms with van der Waals surface area (Å²) in [5, 5.41) is 16.7. The van der Waals surface area contributed by atoms with Gasteiger partial charge in [0.1, 0.15) is 0 Å². The predicted octanol–water partition coefficient (Wildman–Crippen LogP) is 3.48. The van der Waals surface area contributed by atoms with E-state index in [1.165, 1.54) is 0 Å². The molecule has 2 aromatic heterocycles. The van der Waals surface area contributed by atoms with E-state index in [0.29, 0.717) is 29.9 Å². The Morgan fingerprint density at radius 3 is 2.69 bits per heavy atom. The minimum atomic E-state index is -1.87. The number of aryl methyl sites for hydroxylation is 1. The van der Waals surface area contributed by atoms with E-state index in [9.17, 15) is 10.1 Å². The van der Waals surface area contributed by atoms with Gasteiger partial charge >= 0.3 is 5.69 Å². The molecule has 8 nitrogen and oxygen atoms in total. The van der Waals surface area contributed by atoms with E-state index in [1.807, 2.05) is 4.90 Å². The zero-order chi connectivity index (χ0) is 19.3. The predicted molar refractivity (Wildman–Crippen MR) is 104 cm³/mol. The van der Waals surface area contributed by atoms with Gasteiger partial charge in [-0.25, -0.2) is 4.98 Å². The average molecular weight is 378 g/mol. The largest absolute Gasteiger partial charge is 0.412 e. The van der Waals surface area contributed by atoms with Gasteiger partial charge in [-0.1, -0.05) is 20.8 Å². The molecule has 1 fully saturated rings. The molecule has 0 aromatic carbocycles. The molecule has 0 saturated carbocycles. The normalized spacial score (nSPS) is 18.7. The maximum atomic E-state index is 11.6. The Kier molecular flexibility index (Phi) is 4.56. The van der Waals surface area contributed by atoms with Crippen LogP contribution >= 0.6 is 0 Å². The fraction of sp³-hybridized carbons (Fsp3) is 0.647. The smallest absolute Gasteiger partial charge is 0.312 e. The molecule has 1 aliphatic rings. The summed E-state index contributed by atoms with van der Waals surface area (Å²) in [6.07, 6.45) is 2.68. The molecule has 2 aromatic rings. The van der Waals surface area contributed by atoms with Gasteiger partial charge in [-0.3, -0.25) is 14.8 Å². The SMILES string of the molecule is Cn1cc2cc([N+](=O)[O-])c(N3CC[C@H](O[Si](C)(C)C(C)(C)C)C3)nc2n1. The van der Waals surface area contributed by atoms with Crippen LogP contribution in [0.3, 0.4) is 0 Å². The van der Waals surface area contributed by atoms with E-state index in [2.05, 4.69) is 43.9 Å². The van der Waals surface area contributed by atoms with Gasteiger partial charge in [0.2, 0.25) is 5.82 Å². The Labute approximate surface area is 154 Å². The lowest BCUT2D eigenvalue weighted by Crippen LogP contribution is -2.44. The first kappa shape index (κ1) is 18.8. The number of nitro groups is 1. The molecule has 0 spiro atoms. The van der Waals surface area contributed by atoms with Crippen molar-refractivity contribution in [1.82, 2.24) is 14.8 Å². The topological polar surface area (TPSA) is 86.3 Å². The molecular formula is C17H27N5O3Si. The van der Waals surface area contributed by atoms with Crippen molar-refractivity contribution >= 4 is 30.9 Å². The first-order valence-electron chi connectivity index (χ1n) is 8.89. The van der Waals surface area contributed by atoms with Crippen LogP contribution in [0.25, 0.3) is 11.0 Å². The fourth-order valence-electron chi connectivity index (χ4n) is 3.03. The molecular weight excluding hydrogens is 350 g/mol. The summed E-state index contributed by atoms with van der Waals surface area (Å²) in [4.78, 5) is 17.6. The molecule has 0 radical (unpaired) electrons. The van der Waals surface area contributed by atoms with Crippen LogP contribution in [0.1, 0.15) is 27.2 Å². The van der Waals surface area contributed by atoms with E-state index >= 15 is 0 Å². The van der Waals surface area contributed by atoms with E-state index in [-0.39, 0.29) is 21.8 Å². The van der Waals surface area contributed by atoms with Crippen LogP contribution in [0.4, 0.5) is 11.5 Å². The molecule has 0 N–H and O–H groups in total. The van der Waals surface area contributed by atoms with Crippen molar-refractivity contribution in [3.63, 3.8) is 0 Å². The minimum Gasteiger partial charge on any atom is -0.412 e. The number of hydrogen-bond acceptors (Lipinski definition) is 6. The highest BCUT2D eigenvalue weighted by Crippen LogP contribution is 2.39. The highest BCUT2D eigenvalue weighted by Gasteiger charge is 2.41. The molecule has 1 atom stereocenters. The summed E-state index contributed by atoms with van der Waals surface area (Å²) in [5.41, 5.74) is 0.556. The van der Waals surface area contributed by atoms with Crippen LogP contribution in [-0.2, 0) is 11.5 Å². The Bertz CT molecular complexity index is 843. The van der Waals surface area contributed by atoms with Crippen molar-refractivity contribution in [2.24, 2.45) is 7.05 Å². The summed E-state index contributed by atoms with van der Waals surface area (Å²) < 4.78 is 8.11. The fourth-order valence-corrected chi connectivity index (χ4v) is 4.41. The first-order valence-corrected chi connectivity index (χ1v) is 11.8. The number of nitrogens with zero attached hydrogens (tertiary/aromatic N) is 5. The van der Waals surface area contributed by atoms with E-state index in [0.717, 1.165) is 6.42 Å². The van der Waals surface area contributed by atoms with Gasteiger partial charge in [-0.05, 0) is 24.6 Å². The Morgan fingerprint density at radius 2 is 2.08 bits per heavy atom. The summed E-state index contributed by atoms with van der Waals surface area (Å²) in [5.74, 6) is 0.391. The monoisotopic (exact) mass is 377 g/mol. The third-order valence-corrected chi connectivity index (χ3v) is 10.0. The Balaban J connectivity index is 1.86. The molecule has 0 aliphatic carbocycles. The van der Waals surface area contributed by atoms with Gasteiger partial charge < -0.3 is 9.33 Å². The lowest BCUT2D eigenvalue weighted by Gasteiger charge is -2.38. The highest BCUT2D eigenvalue weighted by molar-refractivity contribution is 6.74. The van der Waals surface area contributed by atoms with Crippen molar-refractivity contribution in [3.8, 4) is 0 Å². The average Bonchev–Trinajstić information content (AvgIpc) is 3.08. The Hall–Kier alpha value is -2.00. The summed E-state index contributed by atoms with van der Waals surface area (Å²) in [7, 11) is -0.0890. The standard InChI is InChI=1S/C17H27N5O3Si/c1-17(2,3)26(5,6)25-13-7-8-21(11-13)16-14(22(23)24)9-12-10-20(4)19-15(12)18-16/h9-10,13H,7-8,11H2,1-6H3/t13-/m0/s1. The van der Waals surface area contributed by atoms with Gasteiger partial charge in [-0.15, -0.1) is 0 Å². The van der Waals surface area contributed by atoms with Crippen LogP contribution in [0, 0.1) is 10.1 Å². The van der Waals surface area contributed by atoms with Gasteiger partial charge in [0.25, 0.3) is 0 Å². The lowest BCUT2D eigenvalue weighted by molar-refractivity contribution is -0.384. The molecule has 0 amide bonds. The molecule has 0 bridgehead atoms. The second kappa shape index (κ2) is 6.31. The molecule has 1 aliphatic heterocycles. The third-order valence-electron chi connectivity index (χ3n) is 5.48. The maximum absolute atomic E-state index is 11.6. The number of hydrogen-bond donors (Lipinski definition) is 0. The minimum absolute atomic E-state index is 0.0264. The molecule has 9 heteroatoms. The van der Waals surface area contributed by atoms with Crippen molar-refractivity contribution in [2.75, 3.05) is 18.0 Å². The number of fused-ring (bicyclic) bond motifs is 1. The van der Waals surface area contributed by atoms with Gasteiger partial charge in [-0.2, -0.15) is 5.10 Å². The van der Waals surface area contributed by atoms with Gasteiger partial charge in [0.15, 0.2) is 14.0 Å². The van der Waals surface area contributed by atoms with Gasteiger partial charge in [0, 0.05) is 37.8 Å². The highest BCUT2D eigenvalue weighted by atomic mass is 28.4. The lowest BCUT2D eigenvalue weighted by atomic mass is 10.2. The number of rotatable bonds is 4. The summed E-state index contributed by atoms with van der Waals surface area (Å²) in [6, 6.07) is 1.56. The van der Waals surface area contributed by atoms with E-state index < -0.39 is 8.32 Å². The zero-order valence-electron chi connectivity index (χ0n) is 16.3. The molecule has 3 rings (SSSR count). The molecule has 3 heterocycles. The Morgan fingerprint density at radius 1 is 1.38 bits per heavy atom. The molecule has 1 saturated heterocycles. The molecule has 142 valence electrons. The van der Waals surface area contributed by atoms with Crippen LogP contribution in [0.15, 0.2) is 12.3 Å². The van der Waals surface area contributed by atoms with Gasteiger partial charge in [0.05, 0.1) is 11.0 Å². The van der Waals surface area contributed by atoms with E-state index in [1.54, 1.807) is 24.0 Å². The van der Waals surface area contributed by atoms with Crippen molar-refractivity contribution in [3.05, 3.63) is 22.4 Å². The van der Waals surface area contributed by atoms with E-state index in [4.69, 9.17) is 4.43 Å². The maximum Gasteiger partial charge on any atom is 0.312 e. The summed E-state index contributed by atoms with van der Waals surface area (Å²) >= 11 is 0. The quantitative estimate of drug-likeness (QED) is 0.461. The molecule has 0 unspecified atom stereocenters. The van der Waals surface area contributed by atoms with Crippen LogP contribution in [0.5, 0.6) is 0 Å². The molecule has 26 heavy (non-hydrogen) atoms. The number of aromatic nitrogens is 3. The second-order valence-electron chi connectivity index (χ2n) is 8.54. The third kappa shape index (κ3) is 3.45. The second-order valence-corrected chi connectivity index (χ2v) is 13.3.